The van der Waals surface area contributed by atoms with Crippen LogP contribution in [-0.2, 0) is 0 Å². The van der Waals surface area contributed by atoms with Gasteiger partial charge in [0.2, 0.25) is 0 Å². The summed E-state index contributed by atoms with van der Waals surface area (Å²) in [6.45, 7) is 3.77. The molecular weight excluding hydrogens is 196 g/mol. The lowest BCUT2D eigenvalue weighted by atomic mass is 9.66. The Balaban J connectivity index is 1.67. The van der Waals surface area contributed by atoms with E-state index < -0.39 is 0 Å². The highest BCUT2D eigenvalue weighted by atomic mass is 15.2. The molecule has 0 aromatic rings. The van der Waals surface area contributed by atoms with Crippen molar-refractivity contribution >= 4 is 0 Å². The van der Waals surface area contributed by atoms with Crippen molar-refractivity contribution in [2.24, 2.45) is 11.1 Å². The Morgan fingerprint density at radius 2 is 1.81 bits per heavy atom. The van der Waals surface area contributed by atoms with Gasteiger partial charge in [-0.25, -0.2) is 0 Å². The van der Waals surface area contributed by atoms with Crippen LogP contribution >= 0.6 is 0 Å². The lowest BCUT2D eigenvalue weighted by molar-refractivity contribution is 0.0178. The van der Waals surface area contributed by atoms with E-state index in [0.29, 0.717) is 11.5 Å². The van der Waals surface area contributed by atoms with E-state index in [1.54, 1.807) is 0 Å². The number of nitrogens with zero attached hydrogens (tertiary/aromatic N) is 1. The summed E-state index contributed by atoms with van der Waals surface area (Å²) in [7, 11) is 0. The van der Waals surface area contributed by atoms with E-state index in [0.717, 1.165) is 12.1 Å². The number of rotatable bonds is 3. The Bertz CT molecular complexity index is 240. The fourth-order valence-corrected chi connectivity index (χ4v) is 4.26. The molecule has 2 nitrogen and oxygen atoms in total. The molecule has 2 heteroatoms. The highest BCUT2D eigenvalue weighted by Crippen LogP contribution is 2.47. The Morgan fingerprint density at radius 3 is 2.25 bits per heavy atom. The van der Waals surface area contributed by atoms with Crippen molar-refractivity contribution in [2.75, 3.05) is 6.54 Å². The van der Waals surface area contributed by atoms with E-state index in [4.69, 9.17) is 5.73 Å². The number of hydrogen-bond acceptors (Lipinski definition) is 2. The van der Waals surface area contributed by atoms with Crippen molar-refractivity contribution < 1.29 is 0 Å². The highest BCUT2D eigenvalue weighted by Gasteiger charge is 2.45. The summed E-state index contributed by atoms with van der Waals surface area (Å²) in [6.07, 6.45) is 11.2. The van der Waals surface area contributed by atoms with Crippen molar-refractivity contribution in [1.82, 2.24) is 4.90 Å². The molecule has 92 valence electrons. The van der Waals surface area contributed by atoms with E-state index in [9.17, 15) is 0 Å². The van der Waals surface area contributed by atoms with Crippen LogP contribution in [0.25, 0.3) is 0 Å². The highest BCUT2D eigenvalue weighted by molar-refractivity contribution is 5.00. The largest absolute Gasteiger partial charge is 0.328 e. The Labute approximate surface area is 99.6 Å². The van der Waals surface area contributed by atoms with Gasteiger partial charge in [0.15, 0.2) is 0 Å². The molecule has 1 saturated carbocycles. The summed E-state index contributed by atoms with van der Waals surface area (Å²) in [5.74, 6) is 0. The third kappa shape index (κ3) is 1.70. The van der Waals surface area contributed by atoms with E-state index in [1.165, 1.54) is 57.9 Å². The van der Waals surface area contributed by atoms with E-state index in [2.05, 4.69) is 11.8 Å². The summed E-state index contributed by atoms with van der Waals surface area (Å²) >= 11 is 0. The van der Waals surface area contributed by atoms with Crippen LogP contribution in [0.1, 0.15) is 58.3 Å². The molecule has 16 heavy (non-hydrogen) atoms. The average molecular weight is 222 g/mol. The number of hydrogen-bond donors (Lipinski definition) is 1. The Hall–Kier alpha value is -0.0800. The number of piperidine rings is 1. The summed E-state index contributed by atoms with van der Waals surface area (Å²) in [5, 5.41) is 0. The zero-order valence-corrected chi connectivity index (χ0v) is 10.6. The van der Waals surface area contributed by atoms with Crippen LogP contribution in [0.2, 0.25) is 0 Å². The Kier molecular flexibility index (Phi) is 2.75. The van der Waals surface area contributed by atoms with Crippen LogP contribution in [0.3, 0.4) is 0 Å². The van der Waals surface area contributed by atoms with Gasteiger partial charge in [0, 0.05) is 24.7 Å². The molecule has 0 radical (unpaired) electrons. The van der Waals surface area contributed by atoms with Crippen LogP contribution in [0.5, 0.6) is 0 Å². The molecule has 0 spiro atoms. The molecule has 2 saturated heterocycles. The van der Waals surface area contributed by atoms with Gasteiger partial charge in [-0.1, -0.05) is 13.3 Å². The molecule has 1 aliphatic carbocycles. The predicted octanol–water partition coefficient (Wildman–Crippen LogP) is 2.52. The minimum absolute atomic E-state index is 0.493. The van der Waals surface area contributed by atoms with Crippen molar-refractivity contribution in [3.63, 3.8) is 0 Å². The molecule has 0 aromatic heterocycles. The summed E-state index contributed by atoms with van der Waals surface area (Å²) in [5.41, 5.74) is 6.83. The van der Waals surface area contributed by atoms with E-state index >= 15 is 0 Å². The van der Waals surface area contributed by atoms with Crippen LogP contribution in [-0.4, -0.2) is 29.6 Å². The first-order valence-electron chi connectivity index (χ1n) is 7.24. The third-order valence-electron chi connectivity index (χ3n) is 5.60. The molecule has 2 aliphatic heterocycles. The van der Waals surface area contributed by atoms with Crippen molar-refractivity contribution in [3.8, 4) is 0 Å². The van der Waals surface area contributed by atoms with Crippen LogP contribution in [0.4, 0.5) is 0 Å². The molecule has 3 aliphatic rings. The van der Waals surface area contributed by atoms with Crippen LogP contribution in [0, 0.1) is 5.41 Å². The minimum atomic E-state index is 0.493. The van der Waals surface area contributed by atoms with Crippen LogP contribution < -0.4 is 5.73 Å². The molecule has 2 atom stereocenters. The van der Waals surface area contributed by atoms with Gasteiger partial charge in [-0.2, -0.15) is 0 Å². The fraction of sp³-hybridized carbons (Fsp3) is 1.00. The Morgan fingerprint density at radius 1 is 1.19 bits per heavy atom. The van der Waals surface area contributed by atoms with Gasteiger partial charge >= 0.3 is 0 Å². The van der Waals surface area contributed by atoms with E-state index in [-0.39, 0.29) is 0 Å². The quantitative estimate of drug-likeness (QED) is 0.795. The first-order valence-corrected chi connectivity index (χ1v) is 7.24. The minimum Gasteiger partial charge on any atom is -0.328 e. The third-order valence-corrected chi connectivity index (χ3v) is 5.60. The normalized spacial score (nSPS) is 42.0. The van der Waals surface area contributed by atoms with Gasteiger partial charge in [-0.15, -0.1) is 0 Å². The molecule has 3 fully saturated rings. The standard InChI is InChI=1S/C14H26N2/c1-2-14(6-3-7-14)10-16-12-4-5-13(16)9-11(15)8-12/h11-13H,2-10,15H2,1H3. The fourth-order valence-electron chi connectivity index (χ4n) is 4.26. The van der Waals surface area contributed by atoms with Gasteiger partial charge in [-0.3, -0.25) is 4.90 Å². The zero-order valence-electron chi connectivity index (χ0n) is 10.6. The van der Waals surface area contributed by atoms with Crippen molar-refractivity contribution in [2.45, 2.75) is 76.4 Å². The second kappa shape index (κ2) is 3.99. The van der Waals surface area contributed by atoms with Crippen molar-refractivity contribution in [3.05, 3.63) is 0 Å². The van der Waals surface area contributed by atoms with Gasteiger partial charge in [-0.05, 0) is 50.4 Å². The zero-order chi connectivity index (χ0) is 11.2. The average Bonchev–Trinajstić information content (AvgIpc) is 2.45. The molecule has 0 aromatic carbocycles. The molecule has 2 bridgehead atoms. The lowest BCUT2D eigenvalue weighted by Gasteiger charge is -2.48. The number of nitrogens with two attached hydrogens (primary N) is 1. The van der Waals surface area contributed by atoms with Crippen molar-refractivity contribution in [1.29, 1.82) is 0 Å². The monoisotopic (exact) mass is 222 g/mol. The first-order chi connectivity index (χ1) is 7.72. The molecule has 3 rings (SSSR count). The first kappa shape index (κ1) is 11.0. The maximum atomic E-state index is 6.13. The van der Waals surface area contributed by atoms with Crippen LogP contribution in [0.15, 0.2) is 0 Å². The van der Waals surface area contributed by atoms with Gasteiger partial charge in [0.1, 0.15) is 0 Å². The summed E-state index contributed by atoms with van der Waals surface area (Å²) in [4.78, 5) is 2.84. The van der Waals surface area contributed by atoms with E-state index in [1.807, 2.05) is 0 Å². The predicted molar refractivity (Wildman–Crippen MR) is 67.3 cm³/mol. The maximum Gasteiger partial charge on any atom is 0.0114 e. The molecule has 2 heterocycles. The molecule has 0 amide bonds. The van der Waals surface area contributed by atoms with Gasteiger partial charge in [0.05, 0.1) is 0 Å². The maximum absolute atomic E-state index is 6.13. The lowest BCUT2D eigenvalue weighted by Crippen LogP contribution is -2.52. The second-order valence-corrected chi connectivity index (χ2v) is 6.50. The second-order valence-electron chi connectivity index (χ2n) is 6.50. The molecule has 2 unspecified atom stereocenters. The van der Waals surface area contributed by atoms with Gasteiger partial charge < -0.3 is 5.73 Å². The smallest absolute Gasteiger partial charge is 0.0114 e. The summed E-state index contributed by atoms with van der Waals surface area (Å²) in [6, 6.07) is 2.16. The number of fused-ring (bicyclic) bond motifs is 2. The summed E-state index contributed by atoms with van der Waals surface area (Å²) < 4.78 is 0. The molecular formula is C14H26N2. The SMILES string of the molecule is CCC1(CN2C3CCC2CC(N)C3)CCC1. The molecule has 2 N–H and O–H groups in total. The van der Waals surface area contributed by atoms with Gasteiger partial charge in [0.25, 0.3) is 0 Å². The topological polar surface area (TPSA) is 29.3 Å².